The Morgan fingerprint density at radius 1 is 1.13 bits per heavy atom. The smallest absolute Gasteiger partial charge is 0.331 e. The van der Waals surface area contributed by atoms with Crippen LogP contribution in [0, 0.1) is 6.92 Å². The van der Waals surface area contributed by atoms with E-state index in [1.165, 1.54) is 23.3 Å². The Bertz CT molecular complexity index is 684. The zero-order chi connectivity index (χ0) is 16.5. The summed E-state index contributed by atoms with van der Waals surface area (Å²) in [5, 5.41) is 0. The average molecular weight is 308 g/mol. The Hall–Kier alpha value is -2.81. The molecule has 0 spiro atoms. The van der Waals surface area contributed by atoms with E-state index in [0.29, 0.717) is 6.61 Å². The molecule has 2 aromatic carbocycles. The Labute approximate surface area is 136 Å². The minimum absolute atomic E-state index is 0.217. The first-order chi connectivity index (χ1) is 11.2. The number of rotatable bonds is 7. The van der Waals surface area contributed by atoms with Crippen molar-refractivity contribution in [1.82, 2.24) is 0 Å². The third-order valence-corrected chi connectivity index (χ3v) is 3.29. The van der Waals surface area contributed by atoms with Crippen LogP contribution in [-0.4, -0.2) is 12.6 Å². The lowest BCUT2D eigenvalue weighted by Gasteiger charge is -2.08. The van der Waals surface area contributed by atoms with Crippen LogP contribution in [0.2, 0.25) is 0 Å². The van der Waals surface area contributed by atoms with Gasteiger partial charge in [-0.3, -0.25) is 0 Å². The molecule has 0 radical (unpaired) electrons. The molecule has 0 atom stereocenters. The lowest BCUT2D eigenvalue weighted by Crippen LogP contribution is -1.99. The second-order valence-electron chi connectivity index (χ2n) is 5.04. The summed E-state index contributed by atoms with van der Waals surface area (Å²) in [6, 6.07) is 15.7. The van der Waals surface area contributed by atoms with E-state index in [4.69, 9.17) is 9.47 Å². The highest BCUT2D eigenvalue weighted by Gasteiger charge is 1.99. The minimum Gasteiger partial charge on any atom is -0.489 e. The van der Waals surface area contributed by atoms with Crippen LogP contribution in [0.25, 0.3) is 6.08 Å². The molecule has 0 N–H and O–H groups in total. The van der Waals surface area contributed by atoms with E-state index in [2.05, 4.69) is 25.6 Å². The molecule has 0 saturated heterocycles. The molecule has 3 heteroatoms. The molecule has 0 aliphatic carbocycles. The molecule has 118 valence electrons. The van der Waals surface area contributed by atoms with E-state index in [1.54, 1.807) is 6.08 Å². The zero-order valence-electron chi connectivity index (χ0n) is 13.2. The number of hydrogen-bond acceptors (Lipinski definition) is 3. The first-order valence-electron chi connectivity index (χ1n) is 7.42. The first kappa shape index (κ1) is 16.6. The monoisotopic (exact) mass is 308 g/mol. The van der Waals surface area contributed by atoms with E-state index < -0.39 is 0 Å². The van der Waals surface area contributed by atoms with Crippen LogP contribution >= 0.6 is 0 Å². The molecule has 0 aromatic heterocycles. The molecule has 2 rings (SSSR count). The van der Waals surface area contributed by atoms with Crippen molar-refractivity contribution >= 4 is 12.0 Å². The first-order valence-corrected chi connectivity index (χ1v) is 7.42. The van der Waals surface area contributed by atoms with Gasteiger partial charge in [-0.2, -0.15) is 0 Å². The highest BCUT2D eigenvalue weighted by Crippen LogP contribution is 2.16. The highest BCUT2D eigenvalue weighted by atomic mass is 16.5. The molecule has 0 unspecified atom stereocenters. The van der Waals surface area contributed by atoms with Gasteiger partial charge in [0.25, 0.3) is 0 Å². The topological polar surface area (TPSA) is 35.5 Å². The van der Waals surface area contributed by atoms with Gasteiger partial charge < -0.3 is 9.47 Å². The third-order valence-electron chi connectivity index (χ3n) is 3.29. The summed E-state index contributed by atoms with van der Waals surface area (Å²) >= 11 is 0. The van der Waals surface area contributed by atoms with Crippen LogP contribution in [0.5, 0.6) is 5.75 Å². The number of aryl methyl sites for hydroxylation is 1. The highest BCUT2D eigenvalue weighted by molar-refractivity contribution is 5.87. The van der Waals surface area contributed by atoms with Crippen molar-refractivity contribution in [3.63, 3.8) is 0 Å². The van der Waals surface area contributed by atoms with Gasteiger partial charge in [0, 0.05) is 6.08 Å². The normalized spacial score (nSPS) is 10.5. The number of benzene rings is 2. The van der Waals surface area contributed by atoms with Crippen molar-refractivity contribution < 1.29 is 14.3 Å². The fraction of sp³-hybridized carbons (Fsp3) is 0.150. The van der Waals surface area contributed by atoms with Crippen LogP contribution in [0.1, 0.15) is 16.7 Å². The van der Waals surface area contributed by atoms with Crippen LogP contribution in [0.3, 0.4) is 0 Å². The van der Waals surface area contributed by atoms with Crippen molar-refractivity contribution in [2.75, 3.05) is 6.61 Å². The molecule has 0 aliphatic heterocycles. The maximum Gasteiger partial charge on any atom is 0.331 e. The maximum absolute atomic E-state index is 11.4. The van der Waals surface area contributed by atoms with Gasteiger partial charge >= 0.3 is 5.97 Å². The number of carbonyl (C=O) groups excluding carboxylic acids is 1. The summed E-state index contributed by atoms with van der Waals surface area (Å²) in [4.78, 5) is 11.4. The SMILES string of the molecule is C=CCOC(=O)/C=C/c1ccc(OCc2ccccc2C)cc1. The predicted octanol–water partition coefficient (Wildman–Crippen LogP) is 4.32. The molecule has 0 fully saturated rings. The summed E-state index contributed by atoms with van der Waals surface area (Å²) in [7, 11) is 0. The molecular formula is C20H20O3. The number of carbonyl (C=O) groups is 1. The molecule has 0 heterocycles. The summed E-state index contributed by atoms with van der Waals surface area (Å²) in [6.07, 6.45) is 4.63. The van der Waals surface area contributed by atoms with Crippen LogP contribution in [0.15, 0.2) is 67.3 Å². The number of hydrogen-bond donors (Lipinski definition) is 0. The molecule has 3 nitrogen and oxygen atoms in total. The second-order valence-corrected chi connectivity index (χ2v) is 5.04. The Balaban J connectivity index is 1.89. The maximum atomic E-state index is 11.4. The van der Waals surface area contributed by atoms with Gasteiger partial charge in [-0.05, 0) is 41.8 Å². The molecule has 0 saturated carbocycles. The minimum atomic E-state index is -0.384. The Kier molecular flexibility index (Phi) is 6.18. The second kappa shape index (κ2) is 8.59. The predicted molar refractivity (Wildman–Crippen MR) is 92.1 cm³/mol. The number of ether oxygens (including phenoxy) is 2. The van der Waals surface area contributed by atoms with Crippen molar-refractivity contribution in [1.29, 1.82) is 0 Å². The summed E-state index contributed by atoms with van der Waals surface area (Å²) in [5.41, 5.74) is 3.29. The van der Waals surface area contributed by atoms with E-state index >= 15 is 0 Å². The van der Waals surface area contributed by atoms with Gasteiger partial charge in [-0.25, -0.2) is 4.79 Å². The summed E-state index contributed by atoms with van der Waals surface area (Å²) in [5.74, 6) is 0.407. The van der Waals surface area contributed by atoms with Crippen molar-refractivity contribution in [2.45, 2.75) is 13.5 Å². The van der Waals surface area contributed by atoms with Crippen molar-refractivity contribution in [3.05, 3.63) is 84.0 Å². The molecule has 23 heavy (non-hydrogen) atoms. The van der Waals surface area contributed by atoms with Gasteiger partial charge in [0.2, 0.25) is 0 Å². The standard InChI is InChI=1S/C20H20O3/c1-3-14-22-20(21)13-10-17-8-11-19(12-9-17)23-15-18-7-5-4-6-16(18)2/h3-13H,1,14-15H2,2H3/b13-10+. The van der Waals surface area contributed by atoms with Gasteiger partial charge in [0.15, 0.2) is 0 Å². The zero-order valence-corrected chi connectivity index (χ0v) is 13.2. The van der Waals surface area contributed by atoms with E-state index in [0.717, 1.165) is 11.3 Å². The lowest BCUT2D eigenvalue weighted by atomic mass is 10.1. The summed E-state index contributed by atoms with van der Waals surface area (Å²) < 4.78 is 10.6. The molecule has 2 aromatic rings. The number of esters is 1. The molecule has 0 bridgehead atoms. The largest absolute Gasteiger partial charge is 0.489 e. The van der Waals surface area contributed by atoms with Crippen molar-refractivity contribution in [2.24, 2.45) is 0 Å². The van der Waals surface area contributed by atoms with E-state index in [9.17, 15) is 4.79 Å². The van der Waals surface area contributed by atoms with Crippen molar-refractivity contribution in [3.8, 4) is 5.75 Å². The van der Waals surface area contributed by atoms with Gasteiger partial charge in [0.05, 0.1) is 0 Å². The third kappa shape index (κ3) is 5.47. The molecular weight excluding hydrogens is 288 g/mol. The Morgan fingerprint density at radius 2 is 1.87 bits per heavy atom. The van der Waals surface area contributed by atoms with Crippen LogP contribution in [0.4, 0.5) is 0 Å². The Morgan fingerprint density at radius 3 is 2.57 bits per heavy atom. The average Bonchev–Trinajstić information content (AvgIpc) is 2.58. The fourth-order valence-corrected chi connectivity index (χ4v) is 1.96. The van der Waals surface area contributed by atoms with Crippen LogP contribution < -0.4 is 4.74 Å². The fourth-order valence-electron chi connectivity index (χ4n) is 1.96. The lowest BCUT2D eigenvalue weighted by molar-refractivity contribution is -0.136. The van der Waals surface area contributed by atoms with Gasteiger partial charge in [-0.15, -0.1) is 0 Å². The summed E-state index contributed by atoms with van der Waals surface area (Å²) in [6.45, 7) is 6.31. The van der Waals surface area contributed by atoms with Crippen LogP contribution in [-0.2, 0) is 16.1 Å². The quantitative estimate of drug-likeness (QED) is 0.434. The molecule has 0 aliphatic rings. The molecule has 0 amide bonds. The van der Waals surface area contributed by atoms with E-state index in [-0.39, 0.29) is 12.6 Å². The van der Waals surface area contributed by atoms with Gasteiger partial charge in [-0.1, -0.05) is 49.1 Å². The van der Waals surface area contributed by atoms with E-state index in [1.807, 2.05) is 36.4 Å². The van der Waals surface area contributed by atoms with Gasteiger partial charge in [0.1, 0.15) is 19.0 Å².